The number of nitrogens with zero attached hydrogens (tertiary/aromatic N) is 2. The molecule has 0 fully saturated rings. The summed E-state index contributed by atoms with van der Waals surface area (Å²) in [5.41, 5.74) is 3.08. The average molecular weight is 434 g/mol. The molecule has 2 aromatic carbocycles. The van der Waals surface area contributed by atoms with E-state index in [-0.39, 0.29) is 11.7 Å². The maximum absolute atomic E-state index is 12.2. The van der Waals surface area contributed by atoms with Gasteiger partial charge in [-0.05, 0) is 55.5 Å². The van der Waals surface area contributed by atoms with Crippen molar-refractivity contribution in [2.45, 2.75) is 12.1 Å². The third-order valence-electron chi connectivity index (χ3n) is 3.76. The Bertz CT molecular complexity index is 997. The van der Waals surface area contributed by atoms with Crippen LogP contribution in [0.1, 0.15) is 5.69 Å². The van der Waals surface area contributed by atoms with E-state index in [1.165, 1.54) is 11.8 Å². The second-order valence-corrected chi connectivity index (χ2v) is 7.65. The predicted molar refractivity (Wildman–Crippen MR) is 115 cm³/mol. The minimum atomic E-state index is -0.203. The monoisotopic (exact) mass is 433 g/mol. The number of benzene rings is 2. The molecule has 144 valence electrons. The van der Waals surface area contributed by atoms with E-state index in [0.29, 0.717) is 20.9 Å². The highest BCUT2D eigenvalue weighted by Crippen LogP contribution is 2.26. The Morgan fingerprint density at radius 2 is 1.86 bits per heavy atom. The molecule has 8 heteroatoms. The molecule has 3 rings (SSSR count). The molecular formula is C20H17Cl2N3O2S. The van der Waals surface area contributed by atoms with Gasteiger partial charge in [-0.15, -0.1) is 0 Å². The van der Waals surface area contributed by atoms with Crippen molar-refractivity contribution in [1.82, 2.24) is 9.97 Å². The predicted octanol–water partition coefficient (Wildman–Crippen LogP) is 5.50. The minimum absolute atomic E-state index is 0.157. The summed E-state index contributed by atoms with van der Waals surface area (Å²) < 4.78 is 5.18. The number of rotatable bonds is 6. The third-order valence-corrected chi connectivity index (χ3v) is 5.15. The molecule has 0 spiro atoms. The number of halogens is 2. The zero-order valence-electron chi connectivity index (χ0n) is 15.2. The number of methoxy groups -OCH3 is 1. The summed E-state index contributed by atoms with van der Waals surface area (Å²) in [4.78, 5) is 21.2. The first-order valence-electron chi connectivity index (χ1n) is 8.32. The van der Waals surface area contributed by atoms with E-state index in [1.54, 1.807) is 25.3 Å². The van der Waals surface area contributed by atoms with Gasteiger partial charge in [-0.1, -0.05) is 35.0 Å². The lowest BCUT2D eigenvalue weighted by atomic mass is 10.1. The van der Waals surface area contributed by atoms with Crippen LogP contribution in [-0.2, 0) is 4.79 Å². The summed E-state index contributed by atoms with van der Waals surface area (Å²) in [5, 5.41) is 4.19. The van der Waals surface area contributed by atoms with Gasteiger partial charge in [0.05, 0.1) is 29.3 Å². The summed E-state index contributed by atoms with van der Waals surface area (Å²) in [7, 11) is 1.63. The van der Waals surface area contributed by atoms with Crippen molar-refractivity contribution in [1.29, 1.82) is 0 Å². The zero-order valence-corrected chi connectivity index (χ0v) is 17.5. The van der Waals surface area contributed by atoms with Crippen molar-refractivity contribution in [3.8, 4) is 17.0 Å². The average Bonchev–Trinajstić information content (AvgIpc) is 2.68. The van der Waals surface area contributed by atoms with Crippen LogP contribution < -0.4 is 10.1 Å². The largest absolute Gasteiger partial charge is 0.497 e. The Balaban J connectivity index is 1.68. The fourth-order valence-electron chi connectivity index (χ4n) is 2.42. The van der Waals surface area contributed by atoms with Crippen LogP contribution in [0.2, 0.25) is 10.0 Å². The number of aromatic nitrogens is 2. The van der Waals surface area contributed by atoms with E-state index in [1.807, 2.05) is 37.3 Å². The number of amides is 1. The molecule has 0 radical (unpaired) electrons. The molecule has 28 heavy (non-hydrogen) atoms. The first-order valence-corrected chi connectivity index (χ1v) is 10.1. The van der Waals surface area contributed by atoms with Crippen molar-refractivity contribution in [3.05, 3.63) is 64.3 Å². The van der Waals surface area contributed by atoms with Gasteiger partial charge < -0.3 is 10.1 Å². The quantitative estimate of drug-likeness (QED) is 0.410. The first kappa shape index (κ1) is 20.5. The van der Waals surface area contributed by atoms with Gasteiger partial charge >= 0.3 is 0 Å². The molecule has 3 aromatic rings. The molecule has 1 N–H and O–H groups in total. The van der Waals surface area contributed by atoms with Gasteiger partial charge in [0.25, 0.3) is 0 Å². The second-order valence-electron chi connectivity index (χ2n) is 5.87. The maximum atomic E-state index is 12.2. The molecule has 0 saturated carbocycles. The highest BCUT2D eigenvalue weighted by molar-refractivity contribution is 7.99. The molecule has 0 unspecified atom stereocenters. The molecular weight excluding hydrogens is 417 g/mol. The van der Waals surface area contributed by atoms with Gasteiger partial charge in [0, 0.05) is 16.3 Å². The molecule has 1 heterocycles. The Hall–Kier alpha value is -2.28. The molecule has 0 aliphatic heterocycles. The van der Waals surface area contributed by atoms with Crippen LogP contribution in [0, 0.1) is 6.92 Å². The molecule has 1 aromatic heterocycles. The molecule has 0 aliphatic rings. The standard InChI is InChI=1S/C20H17Cl2N3O2S/c1-12-9-18(13-3-6-15(27-2)7-4-13)25-20(23-12)28-11-19(26)24-17-8-5-14(21)10-16(17)22/h3-10H,11H2,1-2H3,(H,24,26). The Labute approximate surface area is 177 Å². The van der Waals surface area contributed by atoms with Crippen LogP contribution in [0.3, 0.4) is 0 Å². The number of aryl methyl sites for hydroxylation is 1. The number of nitrogens with one attached hydrogen (secondary N) is 1. The summed E-state index contributed by atoms with van der Waals surface area (Å²) in [5.74, 6) is 0.733. The summed E-state index contributed by atoms with van der Waals surface area (Å²) in [6.07, 6.45) is 0. The summed E-state index contributed by atoms with van der Waals surface area (Å²) >= 11 is 13.2. The lowest BCUT2D eigenvalue weighted by Gasteiger charge is -2.08. The van der Waals surface area contributed by atoms with Crippen LogP contribution in [0.5, 0.6) is 5.75 Å². The second kappa shape index (κ2) is 9.28. The Morgan fingerprint density at radius 1 is 1.11 bits per heavy atom. The Morgan fingerprint density at radius 3 is 2.54 bits per heavy atom. The number of hydrogen-bond donors (Lipinski definition) is 1. The van der Waals surface area contributed by atoms with Gasteiger partial charge in [-0.25, -0.2) is 9.97 Å². The van der Waals surface area contributed by atoms with Gasteiger partial charge in [0.2, 0.25) is 5.91 Å². The van der Waals surface area contributed by atoms with Crippen LogP contribution in [0.15, 0.2) is 53.7 Å². The Kier molecular flexibility index (Phi) is 6.78. The summed E-state index contributed by atoms with van der Waals surface area (Å²) in [6, 6.07) is 14.4. The topological polar surface area (TPSA) is 64.1 Å². The number of ether oxygens (including phenoxy) is 1. The van der Waals surface area contributed by atoms with E-state index >= 15 is 0 Å². The van der Waals surface area contributed by atoms with Gasteiger partial charge in [-0.2, -0.15) is 0 Å². The smallest absolute Gasteiger partial charge is 0.234 e. The molecule has 0 aliphatic carbocycles. The van der Waals surface area contributed by atoms with Gasteiger partial charge in [-0.3, -0.25) is 4.79 Å². The maximum Gasteiger partial charge on any atom is 0.234 e. The molecule has 5 nitrogen and oxygen atoms in total. The molecule has 0 bridgehead atoms. The van der Waals surface area contributed by atoms with Crippen LogP contribution in [0.4, 0.5) is 5.69 Å². The SMILES string of the molecule is COc1ccc(-c2cc(C)nc(SCC(=O)Nc3ccc(Cl)cc3Cl)n2)cc1. The third kappa shape index (κ3) is 5.38. The van der Waals surface area contributed by atoms with Crippen molar-refractivity contribution in [3.63, 3.8) is 0 Å². The lowest BCUT2D eigenvalue weighted by molar-refractivity contribution is -0.113. The number of anilines is 1. The number of carbonyl (C=O) groups is 1. The van der Waals surface area contributed by atoms with Crippen LogP contribution in [-0.4, -0.2) is 28.7 Å². The molecule has 0 saturated heterocycles. The lowest BCUT2D eigenvalue weighted by Crippen LogP contribution is -2.14. The van der Waals surface area contributed by atoms with Gasteiger partial charge in [0.1, 0.15) is 5.75 Å². The number of carbonyl (C=O) groups excluding carboxylic acids is 1. The highest BCUT2D eigenvalue weighted by Gasteiger charge is 2.10. The fraction of sp³-hybridized carbons (Fsp3) is 0.150. The van der Waals surface area contributed by atoms with Crippen LogP contribution >= 0.6 is 35.0 Å². The zero-order chi connectivity index (χ0) is 20.1. The van der Waals surface area contributed by atoms with Crippen molar-refractivity contribution in [2.24, 2.45) is 0 Å². The van der Waals surface area contributed by atoms with Crippen molar-refractivity contribution >= 4 is 46.6 Å². The van der Waals surface area contributed by atoms with E-state index in [9.17, 15) is 4.79 Å². The van der Waals surface area contributed by atoms with Crippen molar-refractivity contribution in [2.75, 3.05) is 18.2 Å². The van der Waals surface area contributed by atoms with E-state index < -0.39 is 0 Å². The van der Waals surface area contributed by atoms with Gasteiger partial charge in [0.15, 0.2) is 5.16 Å². The number of hydrogen-bond acceptors (Lipinski definition) is 5. The summed E-state index contributed by atoms with van der Waals surface area (Å²) in [6.45, 7) is 1.90. The van der Waals surface area contributed by atoms with Crippen molar-refractivity contribution < 1.29 is 9.53 Å². The molecule has 0 atom stereocenters. The fourth-order valence-corrected chi connectivity index (χ4v) is 3.58. The number of thioether (sulfide) groups is 1. The van der Waals surface area contributed by atoms with E-state index in [2.05, 4.69) is 15.3 Å². The first-order chi connectivity index (χ1) is 13.4. The van der Waals surface area contributed by atoms with E-state index in [4.69, 9.17) is 27.9 Å². The molecule has 1 amide bonds. The normalized spacial score (nSPS) is 10.6. The minimum Gasteiger partial charge on any atom is -0.497 e. The van der Waals surface area contributed by atoms with E-state index in [0.717, 1.165) is 22.7 Å². The highest BCUT2D eigenvalue weighted by atomic mass is 35.5. The van der Waals surface area contributed by atoms with Crippen LogP contribution in [0.25, 0.3) is 11.3 Å².